The summed E-state index contributed by atoms with van der Waals surface area (Å²) < 4.78 is 0. The first-order valence-corrected chi connectivity index (χ1v) is 7.24. The Balaban J connectivity index is 2.99. The minimum atomic E-state index is -0.378. The van der Waals surface area contributed by atoms with Crippen molar-refractivity contribution >= 4 is 20.1 Å². The fraction of sp³-hybridized carbons (Fsp3) is 0.231. The second-order valence-corrected chi connectivity index (χ2v) is 5.85. The fourth-order valence-electron chi connectivity index (χ4n) is 1.31. The highest BCUT2D eigenvalue weighted by atomic mass is 28.3. The lowest BCUT2D eigenvalue weighted by atomic mass is 10.2. The van der Waals surface area contributed by atoms with E-state index < -0.39 is 0 Å². The lowest BCUT2D eigenvalue weighted by molar-refractivity contribution is 1.69. The summed E-state index contributed by atoms with van der Waals surface area (Å²) in [6, 6.07) is 8.55. The van der Waals surface area contributed by atoms with Crippen LogP contribution >= 0.6 is 0 Å². The predicted octanol–water partition coefficient (Wildman–Crippen LogP) is 2.68. The van der Waals surface area contributed by atoms with Crippen LogP contribution < -0.4 is 5.19 Å². The van der Waals surface area contributed by atoms with E-state index in [1.807, 2.05) is 13.0 Å². The zero-order chi connectivity index (χ0) is 10.4. The third-order valence-electron chi connectivity index (χ3n) is 1.99. The van der Waals surface area contributed by atoms with Crippen LogP contribution in [0.4, 0.5) is 0 Å². The van der Waals surface area contributed by atoms with Crippen LogP contribution in [0.1, 0.15) is 12.5 Å². The molecule has 0 bridgehead atoms. The number of hydrogen-bond donors (Lipinski definition) is 0. The van der Waals surface area contributed by atoms with Gasteiger partial charge < -0.3 is 0 Å². The van der Waals surface area contributed by atoms with Gasteiger partial charge >= 0.3 is 0 Å². The molecule has 14 heavy (non-hydrogen) atoms. The molecule has 0 N–H and O–H groups in total. The first-order valence-electron chi connectivity index (χ1n) is 4.74. The van der Waals surface area contributed by atoms with E-state index >= 15 is 0 Å². The Morgan fingerprint density at radius 3 is 2.57 bits per heavy atom. The molecule has 1 aromatic carbocycles. The van der Waals surface area contributed by atoms with Gasteiger partial charge in [0.2, 0.25) is 0 Å². The van der Waals surface area contributed by atoms with Gasteiger partial charge in [0.25, 0.3) is 0 Å². The molecule has 71 valence electrons. The molecule has 1 heteroatoms. The van der Waals surface area contributed by atoms with Gasteiger partial charge in [-0.2, -0.15) is 0 Å². The Hall–Kier alpha value is -1.26. The van der Waals surface area contributed by atoms with Crippen molar-refractivity contribution in [1.29, 1.82) is 0 Å². The van der Waals surface area contributed by atoms with Crippen LogP contribution in [0.15, 0.2) is 30.3 Å². The van der Waals surface area contributed by atoms with Crippen LogP contribution in [0, 0.1) is 11.8 Å². The summed E-state index contributed by atoms with van der Waals surface area (Å²) in [5.74, 6) is 5.80. The molecule has 1 radical (unpaired) electrons. The molecule has 0 nitrogen and oxygen atoms in total. The van der Waals surface area contributed by atoms with Crippen LogP contribution in [-0.4, -0.2) is 8.80 Å². The number of hydrogen-bond acceptors (Lipinski definition) is 0. The summed E-state index contributed by atoms with van der Waals surface area (Å²) >= 11 is 0. The molecule has 0 fully saturated rings. The molecule has 0 saturated carbocycles. The van der Waals surface area contributed by atoms with Gasteiger partial charge in [-0.1, -0.05) is 48.5 Å². The summed E-state index contributed by atoms with van der Waals surface area (Å²) in [5, 5.41) is 1.48. The van der Waals surface area contributed by atoms with E-state index in [2.05, 4.69) is 55.3 Å². The van der Waals surface area contributed by atoms with E-state index in [1.165, 1.54) is 10.8 Å². The maximum atomic E-state index is 2.94. The van der Waals surface area contributed by atoms with Crippen LogP contribution in [0.3, 0.4) is 0 Å². The third-order valence-corrected chi connectivity index (χ3v) is 3.52. The molecule has 0 spiro atoms. The third kappa shape index (κ3) is 2.90. The van der Waals surface area contributed by atoms with Gasteiger partial charge in [-0.15, -0.1) is 5.92 Å². The average Bonchev–Trinajstić information content (AvgIpc) is 2.19. The van der Waals surface area contributed by atoms with E-state index in [-0.39, 0.29) is 8.80 Å². The Kier molecular flexibility index (Phi) is 4.22. The molecule has 0 heterocycles. The Morgan fingerprint density at radius 2 is 1.93 bits per heavy atom. The van der Waals surface area contributed by atoms with Gasteiger partial charge in [-0.05, 0) is 24.6 Å². The molecule has 0 saturated heterocycles. The second-order valence-electron chi connectivity index (χ2n) is 3.31. The van der Waals surface area contributed by atoms with Crippen LogP contribution in [0.25, 0.3) is 6.08 Å². The molecular formula is C13H15Si. The smallest absolute Gasteiger partial charge is 0.0799 e. The van der Waals surface area contributed by atoms with Crippen molar-refractivity contribution in [2.24, 2.45) is 0 Å². The van der Waals surface area contributed by atoms with Crippen molar-refractivity contribution in [1.82, 2.24) is 0 Å². The van der Waals surface area contributed by atoms with Crippen LogP contribution in [-0.2, 0) is 0 Å². The molecule has 0 aliphatic heterocycles. The largest absolute Gasteiger partial charge is 0.102 e. The van der Waals surface area contributed by atoms with Crippen molar-refractivity contribution in [3.63, 3.8) is 0 Å². The molecule has 0 aliphatic carbocycles. The Labute approximate surface area is 88.3 Å². The highest BCUT2D eigenvalue weighted by molar-refractivity contribution is 6.71. The second kappa shape index (κ2) is 5.46. The highest BCUT2D eigenvalue weighted by Gasteiger charge is 2.03. The number of rotatable bonds is 2. The van der Waals surface area contributed by atoms with E-state index in [0.717, 1.165) is 0 Å². The summed E-state index contributed by atoms with van der Waals surface area (Å²) in [7, 11) is -0.378. The maximum absolute atomic E-state index is 2.94. The van der Waals surface area contributed by atoms with Crippen LogP contribution in [0.2, 0.25) is 13.1 Å². The summed E-state index contributed by atoms with van der Waals surface area (Å²) in [4.78, 5) is 0. The van der Waals surface area contributed by atoms with E-state index in [9.17, 15) is 0 Å². The van der Waals surface area contributed by atoms with Gasteiger partial charge in [-0.25, -0.2) is 0 Å². The first-order chi connectivity index (χ1) is 6.75. The van der Waals surface area contributed by atoms with Crippen LogP contribution in [0.5, 0.6) is 0 Å². The molecular weight excluding hydrogens is 184 g/mol. The van der Waals surface area contributed by atoms with Crippen molar-refractivity contribution in [2.45, 2.75) is 20.0 Å². The lowest BCUT2D eigenvalue weighted by Crippen LogP contribution is -2.24. The van der Waals surface area contributed by atoms with Gasteiger partial charge in [0.1, 0.15) is 0 Å². The zero-order valence-electron chi connectivity index (χ0n) is 8.96. The van der Waals surface area contributed by atoms with Gasteiger partial charge in [0, 0.05) is 0 Å². The molecule has 0 aliphatic rings. The van der Waals surface area contributed by atoms with Crippen molar-refractivity contribution in [2.75, 3.05) is 0 Å². The number of benzene rings is 1. The molecule has 0 atom stereocenters. The minimum absolute atomic E-state index is 0.378. The minimum Gasteiger partial charge on any atom is -0.102 e. The van der Waals surface area contributed by atoms with Gasteiger partial charge in [0.15, 0.2) is 0 Å². The zero-order valence-corrected chi connectivity index (χ0v) is 9.96. The normalized spacial score (nSPS) is 10.3. The number of allylic oxidation sites excluding steroid dienone is 1. The monoisotopic (exact) mass is 199 g/mol. The van der Waals surface area contributed by atoms with Crippen molar-refractivity contribution in [3.8, 4) is 11.8 Å². The molecule has 0 amide bonds. The van der Waals surface area contributed by atoms with Gasteiger partial charge in [-0.3, -0.25) is 0 Å². The summed E-state index contributed by atoms with van der Waals surface area (Å²) in [5.41, 5.74) is 1.31. The Morgan fingerprint density at radius 1 is 1.21 bits per heavy atom. The quantitative estimate of drug-likeness (QED) is 0.507. The van der Waals surface area contributed by atoms with Crippen molar-refractivity contribution < 1.29 is 0 Å². The van der Waals surface area contributed by atoms with E-state index in [1.54, 1.807) is 0 Å². The molecule has 0 unspecified atom stereocenters. The molecule has 0 aromatic heterocycles. The van der Waals surface area contributed by atoms with E-state index in [4.69, 9.17) is 0 Å². The maximum Gasteiger partial charge on any atom is 0.0799 e. The van der Waals surface area contributed by atoms with E-state index in [0.29, 0.717) is 0 Å². The fourth-order valence-corrected chi connectivity index (χ4v) is 2.49. The lowest BCUT2D eigenvalue weighted by Gasteiger charge is -2.06. The summed E-state index contributed by atoms with van der Waals surface area (Å²) in [6.45, 7) is 6.47. The highest BCUT2D eigenvalue weighted by Crippen LogP contribution is 2.01. The average molecular weight is 199 g/mol. The van der Waals surface area contributed by atoms with Gasteiger partial charge in [0.05, 0.1) is 8.80 Å². The summed E-state index contributed by atoms with van der Waals surface area (Å²) in [6.07, 6.45) is 4.02. The Bertz CT molecular complexity index is 378. The van der Waals surface area contributed by atoms with Crippen molar-refractivity contribution in [3.05, 3.63) is 35.9 Å². The molecule has 1 rings (SSSR count). The first kappa shape index (κ1) is 10.8. The standard InChI is InChI=1S/C13H15Si/c1-4-5-6-9-12-10-7-8-11-13(12)14(2)3/h6-11H,1-3H3/b9-6+. The SMILES string of the molecule is CC#C/C=C/c1ccccc1[Si](C)C. The topological polar surface area (TPSA) is 0 Å². The predicted molar refractivity (Wildman–Crippen MR) is 66.0 cm³/mol. The molecule has 1 aromatic rings.